The van der Waals surface area contributed by atoms with E-state index < -0.39 is 11.7 Å². The van der Waals surface area contributed by atoms with Crippen molar-refractivity contribution >= 4 is 58.1 Å². The van der Waals surface area contributed by atoms with Gasteiger partial charge in [-0.1, -0.05) is 23.7 Å². The predicted molar refractivity (Wildman–Crippen MR) is 137 cm³/mol. The van der Waals surface area contributed by atoms with Crippen LogP contribution in [-0.4, -0.2) is 20.9 Å². The van der Waals surface area contributed by atoms with Gasteiger partial charge in [0.15, 0.2) is 11.6 Å². The lowest BCUT2D eigenvalue weighted by molar-refractivity contribution is 0.102. The lowest BCUT2D eigenvalue weighted by Gasteiger charge is -2.13. The van der Waals surface area contributed by atoms with Crippen LogP contribution in [0.3, 0.4) is 0 Å². The zero-order valence-electron chi connectivity index (χ0n) is 18.0. The largest absolute Gasteiger partial charge is 0.453 e. The number of pyridine rings is 2. The highest BCUT2D eigenvalue weighted by molar-refractivity contribution is 6.34. The molecule has 0 fully saturated rings. The predicted octanol–water partition coefficient (Wildman–Crippen LogP) is 6.96. The number of carbonyl (C=O) groups is 1. The number of benzene rings is 2. The number of ether oxygens (including phenoxy) is 1. The number of para-hydroxylation sites is 1. The minimum Gasteiger partial charge on any atom is -0.453 e. The van der Waals surface area contributed by atoms with E-state index in [2.05, 4.69) is 25.6 Å². The van der Waals surface area contributed by atoms with E-state index in [1.54, 1.807) is 60.9 Å². The average molecular weight is 510 g/mol. The first kappa shape index (κ1) is 24.0. The molecule has 0 aliphatic heterocycles. The molecule has 0 aliphatic rings. The Labute approximate surface area is 210 Å². The van der Waals surface area contributed by atoms with Crippen molar-refractivity contribution in [2.75, 3.05) is 10.6 Å². The second-order valence-corrected chi connectivity index (χ2v) is 7.66. The topological polar surface area (TPSA) is 91.9 Å². The number of hydrogen-bond acceptors (Lipinski definition) is 5. The van der Waals surface area contributed by atoms with Gasteiger partial charge in [0, 0.05) is 30.3 Å². The molecule has 10 heteroatoms. The number of carbonyl (C=O) groups excluding carboxylic acids is 1. The van der Waals surface area contributed by atoms with Gasteiger partial charge in [-0.05, 0) is 48.5 Å². The summed E-state index contributed by atoms with van der Waals surface area (Å²) in [4.78, 5) is 24.3. The van der Waals surface area contributed by atoms with E-state index in [4.69, 9.17) is 16.3 Å². The summed E-state index contributed by atoms with van der Waals surface area (Å²) in [7, 11) is 0. The van der Waals surface area contributed by atoms with Crippen molar-refractivity contribution in [2.45, 2.75) is 0 Å². The van der Waals surface area contributed by atoms with Gasteiger partial charge in [0.25, 0.3) is 5.91 Å². The Kier molecular flexibility index (Phi) is 7.14. The molecular weight excluding hydrogens is 492 g/mol. The normalized spacial score (nSPS) is 10.5. The Balaban J connectivity index is 0.00000289. The lowest BCUT2D eigenvalue weighted by atomic mass is 10.2. The van der Waals surface area contributed by atoms with E-state index in [1.807, 2.05) is 6.07 Å². The molecule has 7 nitrogen and oxygen atoms in total. The maximum absolute atomic E-state index is 14.9. The van der Waals surface area contributed by atoms with Crippen molar-refractivity contribution in [3.05, 3.63) is 102 Å². The van der Waals surface area contributed by atoms with E-state index in [0.717, 1.165) is 5.39 Å². The summed E-state index contributed by atoms with van der Waals surface area (Å²) in [6.45, 7) is 0. The fourth-order valence-corrected chi connectivity index (χ4v) is 3.56. The van der Waals surface area contributed by atoms with Crippen LogP contribution in [0, 0.1) is 5.82 Å². The first-order chi connectivity index (χ1) is 16.6. The van der Waals surface area contributed by atoms with Crippen LogP contribution in [0.5, 0.6) is 11.5 Å². The Morgan fingerprint density at radius 2 is 1.83 bits per heavy atom. The van der Waals surface area contributed by atoms with Crippen LogP contribution < -0.4 is 15.4 Å². The quantitative estimate of drug-likeness (QED) is 0.230. The van der Waals surface area contributed by atoms with Gasteiger partial charge < -0.3 is 20.4 Å². The summed E-state index contributed by atoms with van der Waals surface area (Å²) in [6.07, 6.45) is 4.85. The fourth-order valence-electron chi connectivity index (χ4n) is 3.38. The smallest absolute Gasteiger partial charge is 0.259 e. The highest BCUT2D eigenvalue weighted by atomic mass is 35.5. The van der Waals surface area contributed by atoms with E-state index in [1.165, 1.54) is 18.3 Å². The van der Waals surface area contributed by atoms with E-state index >= 15 is 0 Å². The second kappa shape index (κ2) is 10.4. The number of hydrogen-bond donors (Lipinski definition) is 3. The van der Waals surface area contributed by atoms with Crippen LogP contribution in [0.2, 0.25) is 5.02 Å². The number of nitrogens with one attached hydrogen (secondary N) is 3. The third-order valence-corrected chi connectivity index (χ3v) is 5.34. The molecule has 0 unspecified atom stereocenters. The van der Waals surface area contributed by atoms with Gasteiger partial charge in [-0.3, -0.25) is 4.79 Å². The van der Waals surface area contributed by atoms with Crippen molar-refractivity contribution < 1.29 is 13.9 Å². The molecular formula is C25H18Cl2FN5O2. The Hall–Kier alpha value is -4.14. The number of H-pyrrole nitrogens is 1. The minimum absolute atomic E-state index is 0. The summed E-state index contributed by atoms with van der Waals surface area (Å²) in [5, 5.41) is 6.91. The van der Waals surface area contributed by atoms with Gasteiger partial charge in [0.05, 0.1) is 21.7 Å². The molecule has 0 bridgehead atoms. The van der Waals surface area contributed by atoms with Gasteiger partial charge in [0.2, 0.25) is 0 Å². The van der Waals surface area contributed by atoms with Crippen molar-refractivity contribution in [2.24, 2.45) is 0 Å². The number of amides is 1. The second-order valence-electron chi connectivity index (χ2n) is 7.25. The maximum atomic E-state index is 14.9. The van der Waals surface area contributed by atoms with Gasteiger partial charge in [-0.15, -0.1) is 12.4 Å². The average Bonchev–Trinajstić information content (AvgIpc) is 3.33. The Bertz CT molecular complexity index is 1510. The summed E-state index contributed by atoms with van der Waals surface area (Å²) in [5.74, 6) is -0.185. The van der Waals surface area contributed by atoms with Crippen molar-refractivity contribution in [1.82, 2.24) is 15.0 Å². The molecule has 35 heavy (non-hydrogen) atoms. The third kappa shape index (κ3) is 5.18. The van der Waals surface area contributed by atoms with Crippen LogP contribution in [0.4, 0.5) is 21.6 Å². The van der Waals surface area contributed by atoms with Crippen molar-refractivity contribution in [3.8, 4) is 11.5 Å². The van der Waals surface area contributed by atoms with Crippen LogP contribution in [-0.2, 0) is 0 Å². The fraction of sp³-hybridized carbons (Fsp3) is 0. The number of anilines is 3. The molecule has 3 N–H and O–H groups in total. The first-order valence-electron chi connectivity index (χ1n) is 10.3. The van der Waals surface area contributed by atoms with Crippen LogP contribution in [0.25, 0.3) is 11.0 Å². The molecule has 0 aliphatic carbocycles. The number of fused-ring (bicyclic) bond motifs is 1. The molecule has 1 amide bonds. The highest BCUT2D eigenvalue weighted by Crippen LogP contribution is 2.32. The van der Waals surface area contributed by atoms with Crippen LogP contribution in [0.1, 0.15) is 10.4 Å². The number of halogens is 3. The number of nitrogens with zero attached hydrogens (tertiary/aromatic N) is 2. The standard InChI is InChI=1S/C25H17ClFN5O2.ClH/c26-18-5-1-2-6-20(18)32-25(33)17-4-3-11-28-24(17)31-15-7-8-22(19(27)14-15)34-21-10-13-30-23-16(21)9-12-29-23;/h1-14H,(H,28,31)(H,29,30)(H,32,33);1H. The van der Waals surface area contributed by atoms with Gasteiger partial charge in [-0.2, -0.15) is 0 Å². The van der Waals surface area contributed by atoms with Crippen LogP contribution >= 0.6 is 24.0 Å². The minimum atomic E-state index is -0.580. The maximum Gasteiger partial charge on any atom is 0.259 e. The third-order valence-electron chi connectivity index (χ3n) is 5.01. The molecule has 3 aromatic heterocycles. The van der Waals surface area contributed by atoms with Crippen LogP contribution in [0.15, 0.2) is 85.3 Å². The van der Waals surface area contributed by atoms with Gasteiger partial charge in [0.1, 0.15) is 17.2 Å². The Morgan fingerprint density at radius 3 is 2.66 bits per heavy atom. The molecule has 0 saturated heterocycles. The molecule has 3 heterocycles. The van der Waals surface area contributed by atoms with E-state index in [-0.39, 0.29) is 29.5 Å². The molecule has 0 radical (unpaired) electrons. The van der Waals surface area contributed by atoms with Crippen molar-refractivity contribution in [1.29, 1.82) is 0 Å². The first-order valence-corrected chi connectivity index (χ1v) is 10.6. The number of rotatable bonds is 6. The number of aromatic amines is 1. The monoisotopic (exact) mass is 509 g/mol. The molecule has 5 aromatic rings. The van der Waals surface area contributed by atoms with E-state index in [0.29, 0.717) is 27.8 Å². The molecule has 176 valence electrons. The lowest BCUT2D eigenvalue weighted by Crippen LogP contribution is -2.15. The van der Waals surface area contributed by atoms with Crippen molar-refractivity contribution in [3.63, 3.8) is 0 Å². The zero-order chi connectivity index (χ0) is 23.5. The van der Waals surface area contributed by atoms with Gasteiger partial charge in [-0.25, -0.2) is 14.4 Å². The van der Waals surface area contributed by atoms with E-state index in [9.17, 15) is 9.18 Å². The highest BCUT2D eigenvalue weighted by Gasteiger charge is 2.15. The molecule has 2 aromatic carbocycles. The van der Waals surface area contributed by atoms with Gasteiger partial charge >= 0.3 is 0 Å². The Morgan fingerprint density at radius 1 is 0.971 bits per heavy atom. The number of aromatic nitrogens is 3. The molecule has 0 saturated carbocycles. The summed E-state index contributed by atoms with van der Waals surface area (Å²) < 4.78 is 20.6. The SMILES string of the molecule is Cl.O=C(Nc1ccccc1Cl)c1cccnc1Nc1ccc(Oc2ccnc3[nH]ccc23)c(F)c1. The summed E-state index contributed by atoms with van der Waals surface area (Å²) in [5.41, 5.74) is 1.80. The zero-order valence-corrected chi connectivity index (χ0v) is 19.5. The summed E-state index contributed by atoms with van der Waals surface area (Å²) in [6, 6.07) is 18.1. The molecule has 0 spiro atoms. The molecule has 0 atom stereocenters. The molecule has 5 rings (SSSR count). The summed E-state index contributed by atoms with van der Waals surface area (Å²) >= 11 is 6.14.